The van der Waals surface area contributed by atoms with Crippen molar-refractivity contribution in [3.63, 3.8) is 0 Å². The fourth-order valence-corrected chi connectivity index (χ4v) is 4.10. The molecule has 0 bridgehead atoms. The highest BCUT2D eigenvalue weighted by molar-refractivity contribution is 7.15. The lowest BCUT2D eigenvalue weighted by Gasteiger charge is -2.16. The molecule has 1 aliphatic rings. The van der Waals surface area contributed by atoms with Crippen LogP contribution in [0.3, 0.4) is 0 Å². The van der Waals surface area contributed by atoms with Crippen molar-refractivity contribution in [1.29, 1.82) is 0 Å². The SMILES string of the molecule is Cc1nc(-c2ccncc2)sc1CC(=O)N1CCc2ccccc21. The molecule has 3 aromatic rings. The predicted octanol–water partition coefficient (Wildman–Crippen LogP) is 3.65. The number of carbonyl (C=O) groups excluding carboxylic acids is 1. The third-order valence-electron chi connectivity index (χ3n) is 4.32. The van der Waals surface area contributed by atoms with Gasteiger partial charge in [0.15, 0.2) is 0 Å². The zero-order valence-corrected chi connectivity index (χ0v) is 14.2. The topological polar surface area (TPSA) is 46.1 Å². The second kappa shape index (κ2) is 6.17. The molecule has 4 rings (SSSR count). The number of hydrogen-bond donors (Lipinski definition) is 0. The summed E-state index contributed by atoms with van der Waals surface area (Å²) in [5, 5.41) is 0.944. The van der Waals surface area contributed by atoms with E-state index in [-0.39, 0.29) is 5.91 Å². The molecule has 0 aliphatic carbocycles. The van der Waals surface area contributed by atoms with Crippen LogP contribution in [0.1, 0.15) is 16.1 Å². The van der Waals surface area contributed by atoms with Crippen LogP contribution in [0.25, 0.3) is 10.6 Å². The summed E-state index contributed by atoms with van der Waals surface area (Å²) >= 11 is 1.59. The van der Waals surface area contributed by atoms with Gasteiger partial charge in [-0.3, -0.25) is 9.78 Å². The monoisotopic (exact) mass is 335 g/mol. The summed E-state index contributed by atoms with van der Waals surface area (Å²) in [5.41, 5.74) is 4.29. The Morgan fingerprint density at radius 1 is 1.21 bits per heavy atom. The Morgan fingerprint density at radius 3 is 2.83 bits per heavy atom. The molecule has 0 N–H and O–H groups in total. The van der Waals surface area contributed by atoms with Gasteiger partial charge in [0.05, 0.1) is 12.1 Å². The van der Waals surface area contributed by atoms with E-state index in [0.29, 0.717) is 6.42 Å². The third kappa shape index (κ3) is 2.71. The lowest BCUT2D eigenvalue weighted by molar-refractivity contribution is -0.117. The highest BCUT2D eigenvalue weighted by Gasteiger charge is 2.25. The average Bonchev–Trinajstić information content (AvgIpc) is 3.20. The standard InChI is InChI=1S/C19H17N3OS/c1-13-17(24-19(21-13)15-6-9-20-10-7-15)12-18(23)22-11-8-14-4-2-3-5-16(14)22/h2-7,9-10H,8,11-12H2,1H3. The summed E-state index contributed by atoms with van der Waals surface area (Å²) < 4.78 is 0. The fraction of sp³-hybridized carbons (Fsp3) is 0.211. The van der Waals surface area contributed by atoms with Crippen molar-refractivity contribution in [2.24, 2.45) is 0 Å². The van der Waals surface area contributed by atoms with Gasteiger partial charge in [-0.2, -0.15) is 0 Å². The zero-order valence-electron chi connectivity index (χ0n) is 13.4. The van der Waals surface area contributed by atoms with Crippen LogP contribution in [0.2, 0.25) is 0 Å². The number of hydrogen-bond acceptors (Lipinski definition) is 4. The minimum Gasteiger partial charge on any atom is -0.312 e. The van der Waals surface area contributed by atoms with E-state index >= 15 is 0 Å². The normalized spacial score (nSPS) is 13.1. The smallest absolute Gasteiger partial charge is 0.232 e. The van der Waals surface area contributed by atoms with Gasteiger partial charge >= 0.3 is 0 Å². The number of pyridine rings is 1. The van der Waals surface area contributed by atoms with Crippen molar-refractivity contribution in [2.45, 2.75) is 19.8 Å². The molecule has 0 spiro atoms. The van der Waals surface area contributed by atoms with Gasteiger partial charge in [0.1, 0.15) is 5.01 Å². The maximum Gasteiger partial charge on any atom is 0.232 e. The Bertz CT molecular complexity index is 889. The Kier molecular flexibility index (Phi) is 3.86. The fourth-order valence-electron chi connectivity index (χ4n) is 3.04. The molecule has 0 saturated carbocycles. The van der Waals surface area contributed by atoms with E-state index in [1.165, 1.54) is 5.56 Å². The molecule has 24 heavy (non-hydrogen) atoms. The second-order valence-electron chi connectivity index (χ2n) is 5.86. The van der Waals surface area contributed by atoms with Gasteiger partial charge in [-0.15, -0.1) is 11.3 Å². The molecule has 3 heterocycles. The van der Waals surface area contributed by atoms with Crippen molar-refractivity contribution < 1.29 is 4.79 Å². The molecule has 120 valence electrons. The van der Waals surface area contributed by atoms with Crippen LogP contribution in [0.15, 0.2) is 48.8 Å². The first-order valence-corrected chi connectivity index (χ1v) is 8.79. The summed E-state index contributed by atoms with van der Waals surface area (Å²) in [6, 6.07) is 12.0. The van der Waals surface area contributed by atoms with Crippen molar-refractivity contribution in [2.75, 3.05) is 11.4 Å². The van der Waals surface area contributed by atoms with E-state index < -0.39 is 0 Å². The van der Waals surface area contributed by atoms with Crippen LogP contribution in [0.5, 0.6) is 0 Å². The van der Waals surface area contributed by atoms with Gasteiger partial charge < -0.3 is 4.90 Å². The maximum atomic E-state index is 12.8. The number of amides is 1. The second-order valence-corrected chi connectivity index (χ2v) is 6.95. The molecule has 1 amide bonds. The number of fused-ring (bicyclic) bond motifs is 1. The summed E-state index contributed by atoms with van der Waals surface area (Å²) in [5.74, 6) is 0.146. The van der Waals surface area contributed by atoms with Gasteiger partial charge in [0.2, 0.25) is 5.91 Å². The number of aromatic nitrogens is 2. The van der Waals surface area contributed by atoms with Crippen molar-refractivity contribution in [1.82, 2.24) is 9.97 Å². The van der Waals surface area contributed by atoms with E-state index in [9.17, 15) is 4.79 Å². The molecular weight excluding hydrogens is 318 g/mol. The van der Waals surface area contributed by atoms with Crippen molar-refractivity contribution in [3.8, 4) is 10.6 Å². The lowest BCUT2D eigenvalue weighted by atomic mass is 10.2. The molecule has 4 nitrogen and oxygen atoms in total. The Morgan fingerprint density at radius 2 is 2.00 bits per heavy atom. The van der Waals surface area contributed by atoms with E-state index in [0.717, 1.165) is 39.8 Å². The van der Waals surface area contributed by atoms with Gasteiger partial charge in [-0.05, 0) is 37.1 Å². The molecule has 0 fully saturated rings. The number of anilines is 1. The van der Waals surface area contributed by atoms with E-state index in [4.69, 9.17) is 0 Å². The van der Waals surface area contributed by atoms with Crippen LogP contribution in [-0.2, 0) is 17.6 Å². The summed E-state index contributed by atoms with van der Waals surface area (Å²) in [6.07, 6.45) is 4.87. The Labute approximate surface area is 144 Å². The van der Waals surface area contributed by atoms with Gasteiger partial charge in [-0.25, -0.2) is 4.98 Å². The third-order valence-corrected chi connectivity index (χ3v) is 5.53. The van der Waals surface area contributed by atoms with Gasteiger partial charge in [-0.1, -0.05) is 18.2 Å². The van der Waals surface area contributed by atoms with Crippen molar-refractivity contribution in [3.05, 3.63) is 64.9 Å². The van der Waals surface area contributed by atoms with Crippen LogP contribution >= 0.6 is 11.3 Å². The van der Waals surface area contributed by atoms with Crippen molar-refractivity contribution >= 4 is 22.9 Å². The highest BCUT2D eigenvalue weighted by atomic mass is 32.1. The van der Waals surface area contributed by atoms with Crippen LogP contribution < -0.4 is 4.90 Å². The average molecular weight is 335 g/mol. The molecule has 0 atom stereocenters. The minimum absolute atomic E-state index is 0.146. The molecule has 1 aliphatic heterocycles. The van der Waals surface area contributed by atoms with Gasteiger partial charge in [0.25, 0.3) is 0 Å². The first kappa shape index (κ1) is 15.0. The largest absolute Gasteiger partial charge is 0.312 e. The van der Waals surface area contributed by atoms with Crippen LogP contribution in [0, 0.1) is 6.92 Å². The maximum absolute atomic E-state index is 12.8. The Hall–Kier alpha value is -2.53. The van der Waals surface area contributed by atoms with Crippen LogP contribution in [0.4, 0.5) is 5.69 Å². The first-order valence-electron chi connectivity index (χ1n) is 7.97. The summed E-state index contributed by atoms with van der Waals surface area (Å²) in [4.78, 5) is 24.4. The van der Waals surface area contributed by atoms with E-state index in [2.05, 4.69) is 16.0 Å². The molecule has 0 unspecified atom stereocenters. The van der Waals surface area contributed by atoms with Crippen LogP contribution in [-0.4, -0.2) is 22.4 Å². The molecular formula is C19H17N3OS. The molecule has 0 saturated heterocycles. The number of rotatable bonds is 3. The van der Waals surface area contributed by atoms with E-state index in [1.54, 1.807) is 23.7 Å². The minimum atomic E-state index is 0.146. The van der Waals surface area contributed by atoms with E-state index in [1.807, 2.05) is 42.2 Å². The predicted molar refractivity (Wildman–Crippen MR) is 96.3 cm³/mol. The first-order chi connectivity index (χ1) is 11.7. The Balaban J connectivity index is 1.56. The molecule has 1 aromatic carbocycles. The number of benzene rings is 1. The quantitative estimate of drug-likeness (QED) is 0.734. The summed E-state index contributed by atoms with van der Waals surface area (Å²) in [6.45, 7) is 2.75. The molecule has 2 aromatic heterocycles. The number of aryl methyl sites for hydroxylation is 1. The summed E-state index contributed by atoms with van der Waals surface area (Å²) in [7, 11) is 0. The number of thiazole rings is 1. The number of nitrogens with zero attached hydrogens (tertiary/aromatic N) is 3. The zero-order chi connectivity index (χ0) is 16.5. The highest BCUT2D eigenvalue weighted by Crippen LogP contribution is 2.31. The lowest BCUT2D eigenvalue weighted by Crippen LogP contribution is -2.30. The number of carbonyl (C=O) groups is 1. The van der Waals surface area contributed by atoms with Gasteiger partial charge in [0, 0.05) is 35.1 Å². The molecule has 5 heteroatoms. The number of para-hydroxylation sites is 1. The molecule has 0 radical (unpaired) electrons.